The average Bonchev–Trinajstić information content (AvgIpc) is 3.72. The van der Waals surface area contributed by atoms with E-state index in [2.05, 4.69) is 160 Å². The van der Waals surface area contributed by atoms with Crippen LogP contribution in [0.5, 0.6) is 11.5 Å². The Labute approximate surface area is 320 Å². The summed E-state index contributed by atoms with van der Waals surface area (Å²) in [5, 5.41) is 2.56. The van der Waals surface area contributed by atoms with Gasteiger partial charge in [0.15, 0.2) is 5.75 Å². The Morgan fingerprint density at radius 2 is 1.28 bits per heavy atom. The van der Waals surface area contributed by atoms with Gasteiger partial charge >= 0.3 is 0 Å². The van der Waals surface area contributed by atoms with E-state index in [0.29, 0.717) is 17.3 Å². The fraction of sp³-hybridized carbons (Fsp3) is 0.346. The van der Waals surface area contributed by atoms with Crippen molar-refractivity contribution in [3.8, 4) is 22.6 Å². The fourth-order valence-corrected chi connectivity index (χ4v) is 13.8. The first-order chi connectivity index (χ1) is 26.2. The molecule has 2 nitrogen and oxygen atoms in total. The van der Waals surface area contributed by atoms with Gasteiger partial charge in [-0.05, 0) is 142 Å². The molecule has 5 aliphatic carbocycles. The van der Waals surface area contributed by atoms with E-state index in [1.807, 2.05) is 0 Å². The maximum atomic E-state index is 7.29. The number of anilines is 3. The first kappa shape index (κ1) is 31.5. The molecular weight excluding hydrogens is 655 g/mol. The first-order valence-electron chi connectivity index (χ1n) is 20.6. The van der Waals surface area contributed by atoms with E-state index in [4.69, 9.17) is 4.74 Å². The predicted octanol–water partition coefficient (Wildman–Crippen LogP) is 13.8. The normalized spacial score (nSPS) is 29.6. The van der Waals surface area contributed by atoms with Gasteiger partial charge in [0.05, 0.1) is 11.4 Å². The van der Waals surface area contributed by atoms with E-state index < -0.39 is 0 Å². The molecular formula is C52H49NO. The number of hydrogen-bond acceptors (Lipinski definition) is 2. The molecule has 6 unspecified atom stereocenters. The average molecular weight is 704 g/mol. The fourth-order valence-electron chi connectivity index (χ4n) is 13.8. The van der Waals surface area contributed by atoms with Crippen molar-refractivity contribution in [3.05, 3.63) is 150 Å². The van der Waals surface area contributed by atoms with Gasteiger partial charge in [0, 0.05) is 22.2 Å². The van der Waals surface area contributed by atoms with Crippen molar-refractivity contribution in [2.45, 2.75) is 82.5 Å². The zero-order valence-corrected chi connectivity index (χ0v) is 32.0. The molecule has 6 aliphatic rings. The van der Waals surface area contributed by atoms with Crippen LogP contribution in [0.1, 0.15) is 88.5 Å². The molecule has 6 atom stereocenters. The van der Waals surface area contributed by atoms with Crippen LogP contribution in [0.15, 0.2) is 127 Å². The van der Waals surface area contributed by atoms with E-state index in [9.17, 15) is 0 Å². The van der Waals surface area contributed by atoms with Crippen LogP contribution >= 0.6 is 0 Å². The van der Waals surface area contributed by atoms with Gasteiger partial charge in [-0.1, -0.05) is 125 Å². The minimum absolute atomic E-state index is 0.0243. The molecule has 1 heterocycles. The molecule has 0 amide bonds. The standard InChI is InChI=1S/C52H49NO/c1-49(2)26-27-50(3,4)47-40(49)17-10-19-42(47)53(36-24-22-34(23-25-36)38-15-9-13-33-12-5-6-14-37(33)38)43-20-11-18-41-48(43)54-44-21-8-7-16-39(44)52(41)45-29-32-28-35-30-46(52)51(35,45)31-32/h5-25,32,35,45-46H,26-31H2,1-4H3. The summed E-state index contributed by atoms with van der Waals surface area (Å²) in [6, 6.07) is 48.1. The van der Waals surface area contributed by atoms with Crippen molar-refractivity contribution >= 4 is 27.8 Å². The van der Waals surface area contributed by atoms with Crippen LogP contribution in [0, 0.1) is 29.1 Å². The maximum Gasteiger partial charge on any atom is 0.155 e. The predicted molar refractivity (Wildman–Crippen MR) is 222 cm³/mol. The number of rotatable bonds is 4. The Morgan fingerprint density at radius 1 is 0.593 bits per heavy atom. The molecule has 4 fully saturated rings. The number of ether oxygens (including phenoxy) is 1. The van der Waals surface area contributed by atoms with Gasteiger partial charge in [0.2, 0.25) is 0 Å². The van der Waals surface area contributed by atoms with Crippen LogP contribution < -0.4 is 9.64 Å². The van der Waals surface area contributed by atoms with Crippen LogP contribution in [-0.2, 0) is 16.2 Å². The number of para-hydroxylation sites is 2. The topological polar surface area (TPSA) is 12.5 Å². The van der Waals surface area contributed by atoms with E-state index >= 15 is 0 Å². The number of hydrogen-bond donors (Lipinski definition) is 0. The van der Waals surface area contributed by atoms with E-state index in [0.717, 1.165) is 35.4 Å². The molecule has 0 saturated heterocycles. The summed E-state index contributed by atoms with van der Waals surface area (Å²) in [4.78, 5) is 2.58. The second kappa shape index (κ2) is 10.5. The van der Waals surface area contributed by atoms with Crippen molar-refractivity contribution in [1.82, 2.24) is 0 Å². The zero-order chi connectivity index (χ0) is 36.2. The summed E-state index contributed by atoms with van der Waals surface area (Å²) >= 11 is 0. The highest BCUT2D eigenvalue weighted by Crippen LogP contribution is 2.89. The molecule has 268 valence electrons. The molecule has 0 N–H and O–H groups in total. The molecule has 6 aromatic rings. The maximum absolute atomic E-state index is 7.29. The molecule has 2 spiro atoms. The Hall–Kier alpha value is -4.82. The van der Waals surface area contributed by atoms with Crippen LogP contribution in [0.3, 0.4) is 0 Å². The van der Waals surface area contributed by atoms with Gasteiger partial charge in [-0.3, -0.25) is 0 Å². The largest absolute Gasteiger partial charge is 0.455 e. The van der Waals surface area contributed by atoms with E-state index in [1.165, 1.54) is 87.6 Å². The van der Waals surface area contributed by atoms with E-state index in [1.54, 1.807) is 0 Å². The smallest absolute Gasteiger partial charge is 0.155 e. The van der Waals surface area contributed by atoms with Crippen molar-refractivity contribution in [2.75, 3.05) is 4.90 Å². The first-order valence-corrected chi connectivity index (χ1v) is 20.6. The van der Waals surface area contributed by atoms with Crippen molar-refractivity contribution in [1.29, 1.82) is 0 Å². The lowest BCUT2D eigenvalue weighted by atomic mass is 9.26. The lowest BCUT2D eigenvalue weighted by Crippen LogP contribution is -2.74. The van der Waals surface area contributed by atoms with Crippen LogP contribution in [-0.4, -0.2) is 0 Å². The molecule has 12 rings (SSSR count). The van der Waals surface area contributed by atoms with Gasteiger partial charge in [-0.15, -0.1) is 0 Å². The summed E-state index contributed by atoms with van der Waals surface area (Å²) in [5.74, 6) is 5.41. The molecule has 6 aromatic carbocycles. The summed E-state index contributed by atoms with van der Waals surface area (Å²) in [6.07, 6.45) is 8.03. The van der Waals surface area contributed by atoms with E-state index in [-0.39, 0.29) is 16.2 Å². The summed E-state index contributed by atoms with van der Waals surface area (Å²) in [7, 11) is 0. The van der Waals surface area contributed by atoms with Crippen molar-refractivity contribution in [3.63, 3.8) is 0 Å². The van der Waals surface area contributed by atoms with Gasteiger partial charge in [0.1, 0.15) is 5.75 Å². The third kappa shape index (κ3) is 3.78. The Bertz CT molecular complexity index is 2540. The van der Waals surface area contributed by atoms with Gasteiger partial charge in [0.25, 0.3) is 0 Å². The lowest BCUT2D eigenvalue weighted by molar-refractivity contribution is -0.235. The van der Waals surface area contributed by atoms with Crippen LogP contribution in [0.25, 0.3) is 21.9 Å². The second-order valence-corrected chi connectivity index (χ2v) is 19.2. The highest BCUT2D eigenvalue weighted by Gasteiger charge is 2.84. The zero-order valence-electron chi connectivity index (χ0n) is 32.0. The highest BCUT2D eigenvalue weighted by molar-refractivity contribution is 5.97. The minimum Gasteiger partial charge on any atom is -0.455 e. The summed E-state index contributed by atoms with van der Waals surface area (Å²) in [6.45, 7) is 9.81. The molecule has 2 heteroatoms. The Morgan fingerprint density at radius 3 is 2.13 bits per heavy atom. The quantitative estimate of drug-likeness (QED) is 0.181. The SMILES string of the molecule is CC1(C)CCC(C)(C)c2c(N(c3ccc(-c4cccc5ccccc45)cc3)c3cccc4c3Oc3ccccc3C43C4CC5CC6CC3C64C5)cccc21. The number of nitrogens with zero attached hydrogens (tertiary/aromatic N) is 1. The Kier molecular flexibility index (Phi) is 6.12. The van der Waals surface area contributed by atoms with Crippen LogP contribution in [0.4, 0.5) is 17.1 Å². The lowest BCUT2D eigenvalue weighted by Gasteiger charge is -2.77. The van der Waals surface area contributed by atoms with Gasteiger partial charge in [-0.25, -0.2) is 0 Å². The molecule has 4 saturated carbocycles. The monoisotopic (exact) mass is 703 g/mol. The molecule has 0 radical (unpaired) electrons. The summed E-state index contributed by atoms with van der Waals surface area (Å²) < 4.78 is 7.29. The molecule has 54 heavy (non-hydrogen) atoms. The van der Waals surface area contributed by atoms with Crippen molar-refractivity contribution < 1.29 is 4.74 Å². The minimum atomic E-state index is 0.0243. The number of fused-ring (bicyclic) bond motifs is 9. The molecule has 2 bridgehead atoms. The van der Waals surface area contributed by atoms with Gasteiger partial charge in [-0.2, -0.15) is 0 Å². The highest BCUT2D eigenvalue weighted by atomic mass is 16.5. The summed E-state index contributed by atoms with van der Waals surface area (Å²) in [5.41, 5.74) is 12.7. The second-order valence-electron chi connectivity index (χ2n) is 19.2. The molecule has 0 aromatic heterocycles. The Balaban J connectivity index is 1.09. The van der Waals surface area contributed by atoms with Gasteiger partial charge < -0.3 is 9.64 Å². The third-order valence-corrected chi connectivity index (χ3v) is 16.0. The third-order valence-electron chi connectivity index (χ3n) is 16.0. The number of benzene rings is 6. The molecule has 1 aliphatic heterocycles. The van der Waals surface area contributed by atoms with Crippen LogP contribution in [0.2, 0.25) is 0 Å². The van der Waals surface area contributed by atoms with Crippen molar-refractivity contribution in [2.24, 2.45) is 29.1 Å².